The quantitative estimate of drug-likeness (QED) is 0.458. The number of nitrogens with zero attached hydrogens (tertiary/aromatic N) is 1. The fraction of sp³-hybridized carbons (Fsp3) is 0.115. The molecule has 1 fully saturated rings. The minimum Gasteiger partial charge on any atom is -0.488 e. The molecular weight excluding hydrogens is 423 g/mol. The number of ether oxygens (including phenoxy) is 1. The molecule has 0 aliphatic carbocycles. The number of imide groups is 2. The van der Waals surface area contributed by atoms with E-state index in [0.29, 0.717) is 17.0 Å². The number of anilines is 1. The minimum atomic E-state index is -0.795. The summed E-state index contributed by atoms with van der Waals surface area (Å²) < 4.78 is 19.0. The number of barbiturate groups is 1. The first-order chi connectivity index (χ1) is 15.8. The third kappa shape index (κ3) is 4.52. The highest BCUT2D eigenvalue weighted by Gasteiger charge is 2.37. The average molecular weight is 444 g/mol. The summed E-state index contributed by atoms with van der Waals surface area (Å²) >= 11 is 0. The number of carbonyl (C=O) groups is 3. The van der Waals surface area contributed by atoms with Gasteiger partial charge in [0.15, 0.2) is 0 Å². The predicted octanol–water partition coefficient (Wildman–Crippen LogP) is 4.69. The van der Waals surface area contributed by atoms with Crippen molar-refractivity contribution in [2.24, 2.45) is 0 Å². The Morgan fingerprint density at radius 1 is 0.939 bits per heavy atom. The number of benzene rings is 3. The SMILES string of the molecule is Cc1cccc(N2C(=O)NC(=O)/C(=C\c3ccccc3OCc3ccc(F)cc3)C2=O)c1C. The van der Waals surface area contributed by atoms with Crippen molar-refractivity contribution in [2.75, 3.05) is 4.90 Å². The monoisotopic (exact) mass is 444 g/mol. The largest absolute Gasteiger partial charge is 0.488 e. The molecule has 3 aromatic rings. The van der Waals surface area contributed by atoms with Gasteiger partial charge in [-0.15, -0.1) is 0 Å². The Morgan fingerprint density at radius 2 is 1.67 bits per heavy atom. The normalized spacial score (nSPS) is 15.1. The molecule has 0 unspecified atom stereocenters. The molecule has 3 aromatic carbocycles. The van der Waals surface area contributed by atoms with Crippen molar-refractivity contribution in [3.05, 3.63) is 100 Å². The van der Waals surface area contributed by atoms with Crippen LogP contribution in [0.3, 0.4) is 0 Å². The molecule has 1 heterocycles. The molecule has 6 nitrogen and oxygen atoms in total. The highest BCUT2D eigenvalue weighted by Crippen LogP contribution is 2.28. The Morgan fingerprint density at radius 3 is 2.42 bits per heavy atom. The first-order valence-electron chi connectivity index (χ1n) is 10.3. The first-order valence-corrected chi connectivity index (χ1v) is 10.3. The lowest BCUT2D eigenvalue weighted by molar-refractivity contribution is -0.122. The number of hydrogen-bond donors (Lipinski definition) is 1. The van der Waals surface area contributed by atoms with Crippen molar-refractivity contribution in [3.8, 4) is 5.75 Å². The van der Waals surface area contributed by atoms with Crippen molar-refractivity contribution in [1.29, 1.82) is 0 Å². The molecule has 1 saturated heterocycles. The molecule has 0 atom stereocenters. The van der Waals surface area contributed by atoms with Crippen LogP contribution in [0.4, 0.5) is 14.9 Å². The Kier molecular flexibility index (Phi) is 6.04. The van der Waals surface area contributed by atoms with Gasteiger partial charge in [-0.05, 0) is 60.9 Å². The van der Waals surface area contributed by atoms with Gasteiger partial charge in [0.2, 0.25) is 0 Å². The lowest BCUT2D eigenvalue weighted by atomic mass is 10.0. The summed E-state index contributed by atoms with van der Waals surface area (Å²) in [5.74, 6) is -1.40. The minimum absolute atomic E-state index is 0.174. The van der Waals surface area contributed by atoms with Gasteiger partial charge in [-0.2, -0.15) is 0 Å². The summed E-state index contributed by atoms with van der Waals surface area (Å²) in [5.41, 5.74) is 3.16. The molecule has 1 aliphatic heterocycles. The second-order valence-corrected chi connectivity index (χ2v) is 7.63. The van der Waals surface area contributed by atoms with E-state index in [1.807, 2.05) is 19.9 Å². The van der Waals surface area contributed by atoms with Crippen molar-refractivity contribution < 1.29 is 23.5 Å². The van der Waals surface area contributed by atoms with Gasteiger partial charge in [0, 0.05) is 5.56 Å². The highest BCUT2D eigenvalue weighted by molar-refractivity contribution is 6.39. The van der Waals surface area contributed by atoms with Gasteiger partial charge >= 0.3 is 6.03 Å². The maximum atomic E-state index is 13.2. The molecule has 1 aliphatic rings. The van der Waals surface area contributed by atoms with Crippen LogP contribution in [0.25, 0.3) is 6.08 Å². The molecule has 0 radical (unpaired) electrons. The van der Waals surface area contributed by atoms with Crippen molar-refractivity contribution in [2.45, 2.75) is 20.5 Å². The summed E-state index contributed by atoms with van der Waals surface area (Å²) in [4.78, 5) is 39.3. The fourth-order valence-corrected chi connectivity index (χ4v) is 3.48. The topological polar surface area (TPSA) is 75.7 Å². The number of aryl methyl sites for hydroxylation is 1. The van der Waals surface area contributed by atoms with Crippen LogP contribution >= 0.6 is 0 Å². The van der Waals surface area contributed by atoms with Crippen LogP contribution in [-0.4, -0.2) is 17.8 Å². The molecule has 1 N–H and O–H groups in total. The third-order valence-electron chi connectivity index (χ3n) is 5.45. The van der Waals surface area contributed by atoms with Crippen LogP contribution < -0.4 is 15.0 Å². The lowest BCUT2D eigenvalue weighted by Crippen LogP contribution is -2.54. The van der Waals surface area contributed by atoms with Crippen LogP contribution in [0.15, 0.2) is 72.3 Å². The van der Waals surface area contributed by atoms with Gasteiger partial charge in [-0.1, -0.05) is 42.5 Å². The summed E-state index contributed by atoms with van der Waals surface area (Å²) in [5, 5.41) is 2.24. The molecular formula is C26H21FN2O4. The molecule has 0 aromatic heterocycles. The van der Waals surface area contributed by atoms with E-state index in [4.69, 9.17) is 4.74 Å². The van der Waals surface area contributed by atoms with Gasteiger partial charge in [0.05, 0.1) is 5.69 Å². The van der Waals surface area contributed by atoms with Crippen LogP contribution in [0.2, 0.25) is 0 Å². The van der Waals surface area contributed by atoms with E-state index in [-0.39, 0.29) is 18.0 Å². The second-order valence-electron chi connectivity index (χ2n) is 7.63. The van der Waals surface area contributed by atoms with Crippen LogP contribution in [0, 0.1) is 19.7 Å². The number of amides is 4. The second kappa shape index (κ2) is 9.08. The number of hydrogen-bond acceptors (Lipinski definition) is 4. The van der Waals surface area contributed by atoms with E-state index in [2.05, 4.69) is 5.32 Å². The van der Waals surface area contributed by atoms with E-state index < -0.39 is 17.8 Å². The Balaban J connectivity index is 1.66. The zero-order chi connectivity index (χ0) is 23.5. The fourth-order valence-electron chi connectivity index (χ4n) is 3.48. The van der Waals surface area contributed by atoms with Gasteiger partial charge in [-0.25, -0.2) is 14.1 Å². The number of rotatable bonds is 5. The van der Waals surface area contributed by atoms with Crippen LogP contribution in [0.1, 0.15) is 22.3 Å². The smallest absolute Gasteiger partial charge is 0.335 e. The average Bonchev–Trinajstić information content (AvgIpc) is 2.79. The van der Waals surface area contributed by atoms with E-state index in [1.165, 1.54) is 18.2 Å². The Hall–Kier alpha value is -4.26. The molecule has 0 spiro atoms. The Bertz CT molecular complexity index is 1280. The van der Waals surface area contributed by atoms with Gasteiger partial charge in [-0.3, -0.25) is 14.9 Å². The number of nitrogens with one attached hydrogen (secondary N) is 1. The molecule has 7 heteroatoms. The number of urea groups is 1. The zero-order valence-electron chi connectivity index (χ0n) is 18.1. The number of carbonyl (C=O) groups excluding carboxylic acids is 3. The van der Waals surface area contributed by atoms with Gasteiger partial charge < -0.3 is 4.74 Å². The van der Waals surface area contributed by atoms with Gasteiger partial charge in [0.25, 0.3) is 11.8 Å². The van der Waals surface area contributed by atoms with E-state index in [0.717, 1.165) is 21.6 Å². The van der Waals surface area contributed by atoms with E-state index in [1.54, 1.807) is 48.5 Å². The molecule has 4 rings (SSSR count). The summed E-state index contributed by atoms with van der Waals surface area (Å²) in [7, 11) is 0. The predicted molar refractivity (Wildman–Crippen MR) is 122 cm³/mol. The highest BCUT2D eigenvalue weighted by atomic mass is 19.1. The summed E-state index contributed by atoms with van der Waals surface area (Å²) in [6.45, 7) is 3.86. The number of halogens is 1. The summed E-state index contributed by atoms with van der Waals surface area (Å²) in [6.07, 6.45) is 1.40. The zero-order valence-corrected chi connectivity index (χ0v) is 18.1. The summed E-state index contributed by atoms with van der Waals surface area (Å²) in [6, 6.07) is 17.3. The lowest BCUT2D eigenvalue weighted by Gasteiger charge is -2.28. The van der Waals surface area contributed by atoms with E-state index in [9.17, 15) is 18.8 Å². The van der Waals surface area contributed by atoms with E-state index >= 15 is 0 Å². The van der Waals surface area contributed by atoms with Crippen molar-refractivity contribution in [1.82, 2.24) is 5.32 Å². The standard InChI is InChI=1S/C26H21FN2O4/c1-16-6-5-8-22(17(16)2)29-25(31)21(24(30)28-26(29)32)14-19-7-3-4-9-23(19)33-15-18-10-12-20(27)13-11-18/h3-14H,15H2,1-2H3,(H,28,30,32)/b21-14+. The third-order valence-corrected chi connectivity index (χ3v) is 5.45. The van der Waals surface area contributed by atoms with Crippen LogP contribution in [-0.2, 0) is 16.2 Å². The van der Waals surface area contributed by atoms with Gasteiger partial charge in [0.1, 0.15) is 23.7 Å². The first kappa shape index (κ1) is 22.0. The maximum Gasteiger partial charge on any atom is 0.335 e. The maximum absolute atomic E-state index is 13.2. The van der Waals surface area contributed by atoms with Crippen LogP contribution in [0.5, 0.6) is 5.75 Å². The number of para-hydroxylation sites is 1. The molecule has 0 bridgehead atoms. The molecule has 4 amide bonds. The Labute approximate surface area is 190 Å². The van der Waals surface area contributed by atoms with Crippen molar-refractivity contribution >= 4 is 29.6 Å². The molecule has 0 saturated carbocycles. The molecule has 33 heavy (non-hydrogen) atoms. The van der Waals surface area contributed by atoms with Crippen molar-refractivity contribution in [3.63, 3.8) is 0 Å². The molecule has 166 valence electrons.